The maximum absolute atomic E-state index is 14.5. The van der Waals surface area contributed by atoms with Crippen molar-refractivity contribution in [1.82, 2.24) is 42.1 Å². The highest BCUT2D eigenvalue weighted by atomic mass is 33.1. The molecular weight excluding hydrogens is 927 g/mol. The molecule has 0 aromatic rings. The SMILES string of the molecule is CC[C@H](C)[C@@H]1NC(=O)[C@H]([C@@H](C)CC)NC(=O)[C@@H](N)CSSC[C@@H](C(=O)N2CCC[C@H]2C(=O)N[C@@H](CCCCN)C(=O)NCC(N)=O)NC(=O)[C@H](CC(N)=O)NC(=O)[C@H](CCCN=C(N)N)NC1=O. The van der Waals surface area contributed by atoms with Gasteiger partial charge in [0.2, 0.25) is 59.1 Å². The van der Waals surface area contributed by atoms with E-state index >= 15 is 0 Å². The summed E-state index contributed by atoms with van der Waals surface area (Å²) < 4.78 is 0. The van der Waals surface area contributed by atoms with E-state index in [1.807, 2.05) is 6.92 Å². The predicted octanol–water partition coefficient (Wildman–Crippen LogP) is -4.64. The molecule has 384 valence electrons. The van der Waals surface area contributed by atoms with Gasteiger partial charge in [-0.05, 0) is 63.3 Å². The van der Waals surface area contributed by atoms with E-state index in [4.69, 9.17) is 34.4 Å². The Hall–Kier alpha value is -5.41. The third kappa shape index (κ3) is 19.7. The summed E-state index contributed by atoms with van der Waals surface area (Å²) in [7, 11) is 2.14. The van der Waals surface area contributed by atoms with Crippen LogP contribution in [0.25, 0.3) is 0 Å². The quantitative estimate of drug-likeness (QED) is 0.0236. The number of nitrogens with zero attached hydrogens (tertiary/aromatic N) is 2. The number of nitrogens with one attached hydrogen (secondary N) is 7. The summed E-state index contributed by atoms with van der Waals surface area (Å²) in [5.74, 6) is -9.19. The molecule has 27 heteroatoms. The van der Waals surface area contributed by atoms with Crippen molar-refractivity contribution in [3.63, 3.8) is 0 Å². The third-order valence-electron chi connectivity index (χ3n) is 11.6. The summed E-state index contributed by atoms with van der Waals surface area (Å²) in [6.45, 7) is 7.07. The van der Waals surface area contributed by atoms with Gasteiger partial charge in [-0.2, -0.15) is 0 Å². The number of hydrogen-bond acceptors (Lipinski definition) is 15. The molecule has 2 rings (SSSR count). The molecule has 25 nitrogen and oxygen atoms in total. The second-order valence-electron chi connectivity index (χ2n) is 16.9. The Bertz CT molecular complexity index is 1810. The Balaban J connectivity index is 2.62. The average molecular weight is 1000 g/mol. The number of primary amides is 2. The van der Waals surface area contributed by atoms with Crippen molar-refractivity contribution in [3.8, 4) is 0 Å². The van der Waals surface area contributed by atoms with Gasteiger partial charge in [-0.25, -0.2) is 0 Å². The topological polar surface area (TPSA) is 427 Å². The van der Waals surface area contributed by atoms with Crippen LogP contribution in [0, 0.1) is 11.8 Å². The molecule has 2 saturated heterocycles. The van der Waals surface area contributed by atoms with Gasteiger partial charge in [0.25, 0.3) is 0 Å². The molecule has 68 heavy (non-hydrogen) atoms. The maximum Gasteiger partial charge on any atom is 0.246 e. The second kappa shape index (κ2) is 30.2. The summed E-state index contributed by atoms with van der Waals surface area (Å²) in [5.41, 5.74) is 33.7. The largest absolute Gasteiger partial charge is 0.370 e. The standard InChI is InChI=1S/C41H73N15O10S2/c1-5-21(3)31-38(64)51-25(12-9-15-48-41(46)47)35(61)52-26(17-29(44)57)36(62)53-27(20-68-67-19-23(43)33(59)54-32(22(4)6-2)39(65)55-31)40(66)56-16-10-13-28(56)37(63)50-24(11-7-8-14-42)34(60)49-18-30(45)58/h21-28,31-32H,5-20,42-43H2,1-4H3,(H2,44,57)(H2,45,58)(H,49,60)(H,50,63)(H,51,64)(H,52,61)(H,53,62)(H,54,59)(H,55,65)(H4,46,47,48)/t21-,22-,23-,24-,25-,26-,27-,28-,31-,32-/m0/s1. The molecule has 0 aromatic carbocycles. The van der Waals surface area contributed by atoms with Crippen molar-refractivity contribution in [2.75, 3.05) is 37.7 Å². The molecule has 2 heterocycles. The first kappa shape index (κ1) is 58.7. The zero-order chi connectivity index (χ0) is 51.1. The first-order valence-electron chi connectivity index (χ1n) is 22.9. The molecule has 10 atom stereocenters. The van der Waals surface area contributed by atoms with Crippen molar-refractivity contribution in [1.29, 1.82) is 0 Å². The van der Waals surface area contributed by atoms with E-state index < -0.39 is 132 Å². The monoisotopic (exact) mass is 1000 g/mol. The molecule has 0 radical (unpaired) electrons. The van der Waals surface area contributed by atoms with Crippen LogP contribution in [-0.4, -0.2) is 156 Å². The Kier molecular flexibility index (Phi) is 26.0. The number of rotatable bonds is 20. The second-order valence-corrected chi connectivity index (χ2v) is 19.5. The van der Waals surface area contributed by atoms with E-state index in [1.165, 1.54) is 4.90 Å². The predicted molar refractivity (Wildman–Crippen MR) is 257 cm³/mol. The summed E-state index contributed by atoms with van der Waals surface area (Å²) in [4.78, 5) is 140. The molecule has 0 saturated carbocycles. The Labute approximate surface area is 404 Å². The lowest BCUT2D eigenvalue weighted by Crippen LogP contribution is -2.62. The van der Waals surface area contributed by atoms with Crippen molar-refractivity contribution < 1.29 is 47.9 Å². The van der Waals surface area contributed by atoms with E-state index in [-0.39, 0.29) is 56.2 Å². The number of guanidine groups is 1. The summed E-state index contributed by atoms with van der Waals surface area (Å²) in [5, 5.41) is 18.3. The molecule has 0 aliphatic carbocycles. The van der Waals surface area contributed by atoms with Gasteiger partial charge in [0.1, 0.15) is 42.3 Å². The van der Waals surface area contributed by atoms with Crippen molar-refractivity contribution >= 4 is 86.6 Å². The van der Waals surface area contributed by atoms with Crippen LogP contribution in [0.4, 0.5) is 0 Å². The number of carbonyl (C=O) groups excluding carboxylic acids is 10. The van der Waals surface area contributed by atoms with Crippen LogP contribution in [0.5, 0.6) is 0 Å². The van der Waals surface area contributed by atoms with E-state index in [0.717, 1.165) is 21.6 Å². The van der Waals surface area contributed by atoms with Gasteiger partial charge >= 0.3 is 0 Å². The Morgan fingerprint density at radius 3 is 1.94 bits per heavy atom. The van der Waals surface area contributed by atoms with Crippen molar-refractivity contribution in [3.05, 3.63) is 0 Å². The van der Waals surface area contributed by atoms with E-state index in [9.17, 15) is 47.9 Å². The molecule has 2 aliphatic rings. The Morgan fingerprint density at radius 2 is 1.35 bits per heavy atom. The van der Waals surface area contributed by atoms with Gasteiger partial charge in [-0.15, -0.1) is 0 Å². The van der Waals surface area contributed by atoms with E-state index in [1.54, 1.807) is 20.8 Å². The number of nitrogens with two attached hydrogens (primary N) is 6. The van der Waals surface area contributed by atoms with Gasteiger partial charge in [-0.3, -0.25) is 52.9 Å². The van der Waals surface area contributed by atoms with Crippen molar-refractivity contribution in [2.45, 2.75) is 140 Å². The lowest BCUT2D eigenvalue weighted by molar-refractivity contribution is -0.142. The summed E-state index contributed by atoms with van der Waals surface area (Å²) in [6, 6.07) is -10.2. The molecule has 0 unspecified atom stereocenters. The van der Waals surface area contributed by atoms with E-state index in [2.05, 4.69) is 42.2 Å². The fraction of sp³-hybridized carbons (Fsp3) is 0.732. The van der Waals surface area contributed by atoms with Gasteiger partial charge in [0, 0.05) is 24.6 Å². The normalized spacial score (nSPS) is 24.9. The smallest absolute Gasteiger partial charge is 0.246 e. The zero-order valence-electron chi connectivity index (χ0n) is 39.3. The number of amides is 10. The lowest BCUT2D eigenvalue weighted by atomic mass is 9.94. The van der Waals surface area contributed by atoms with Crippen LogP contribution >= 0.6 is 21.6 Å². The third-order valence-corrected chi connectivity index (χ3v) is 14.0. The van der Waals surface area contributed by atoms with Crippen molar-refractivity contribution in [2.24, 2.45) is 51.2 Å². The lowest BCUT2D eigenvalue weighted by Gasteiger charge is -2.31. The highest BCUT2D eigenvalue weighted by Gasteiger charge is 2.41. The van der Waals surface area contributed by atoms with Crippen LogP contribution in [0.15, 0.2) is 4.99 Å². The first-order chi connectivity index (χ1) is 32.1. The minimum Gasteiger partial charge on any atom is -0.370 e. The summed E-state index contributed by atoms with van der Waals surface area (Å²) in [6.07, 6.45) is 1.91. The summed E-state index contributed by atoms with van der Waals surface area (Å²) >= 11 is 0. The minimum absolute atomic E-state index is 0.0266. The highest BCUT2D eigenvalue weighted by molar-refractivity contribution is 8.76. The van der Waals surface area contributed by atoms with Gasteiger partial charge < -0.3 is 76.5 Å². The number of aliphatic imine (C=N–C) groups is 1. The van der Waals surface area contributed by atoms with Gasteiger partial charge in [0.05, 0.1) is 19.0 Å². The van der Waals surface area contributed by atoms with Crippen LogP contribution in [0.2, 0.25) is 0 Å². The van der Waals surface area contributed by atoms with Crippen LogP contribution in [-0.2, 0) is 47.9 Å². The minimum atomic E-state index is -1.68. The molecule has 2 aliphatic heterocycles. The van der Waals surface area contributed by atoms with Crippen LogP contribution < -0.4 is 71.6 Å². The highest BCUT2D eigenvalue weighted by Crippen LogP contribution is 2.26. The fourth-order valence-electron chi connectivity index (χ4n) is 7.21. The first-order valence-corrected chi connectivity index (χ1v) is 25.4. The molecule has 0 aromatic heterocycles. The van der Waals surface area contributed by atoms with E-state index in [0.29, 0.717) is 38.6 Å². The van der Waals surface area contributed by atoms with Gasteiger partial charge in [-0.1, -0.05) is 62.1 Å². The molecule has 19 N–H and O–H groups in total. The van der Waals surface area contributed by atoms with Crippen LogP contribution in [0.1, 0.15) is 91.9 Å². The molecule has 0 bridgehead atoms. The number of hydrogen-bond donors (Lipinski definition) is 13. The average Bonchev–Trinajstić information content (AvgIpc) is 3.79. The number of unbranched alkanes of at least 4 members (excludes halogenated alkanes) is 1. The Morgan fingerprint density at radius 1 is 0.765 bits per heavy atom. The van der Waals surface area contributed by atoms with Gasteiger partial charge in [0.15, 0.2) is 5.96 Å². The number of likely N-dealkylation sites (tertiary alicyclic amines) is 1. The molecular formula is C41H73N15O10S2. The molecule has 2 fully saturated rings. The fourth-order valence-corrected chi connectivity index (χ4v) is 9.49. The molecule has 10 amide bonds. The maximum atomic E-state index is 14.5. The number of carbonyl (C=O) groups is 10. The van der Waals surface area contributed by atoms with Crippen LogP contribution in [0.3, 0.4) is 0 Å². The molecule has 0 spiro atoms. The zero-order valence-corrected chi connectivity index (χ0v) is 41.0.